The van der Waals surface area contributed by atoms with Crippen LogP contribution in [-0.4, -0.2) is 38.9 Å². The second-order valence-electron chi connectivity index (χ2n) is 3.08. The predicted molar refractivity (Wildman–Crippen MR) is 54.3 cm³/mol. The van der Waals surface area contributed by atoms with E-state index in [-0.39, 0.29) is 12.2 Å². The van der Waals surface area contributed by atoms with E-state index in [4.69, 9.17) is 20.6 Å². The number of nitrogens with two attached hydrogens (primary N) is 1. The Balaban J connectivity index is 4.23. The van der Waals surface area contributed by atoms with Crippen LogP contribution in [-0.2, 0) is 23.7 Å². The van der Waals surface area contributed by atoms with Gasteiger partial charge in [-0.3, -0.25) is 4.79 Å². The van der Waals surface area contributed by atoms with Crippen molar-refractivity contribution in [2.75, 3.05) is 12.0 Å². The molecule has 0 rings (SSSR count). The number of carbonyl (C=O) groups is 1. The Labute approximate surface area is 87.6 Å². The van der Waals surface area contributed by atoms with Gasteiger partial charge in [-0.25, -0.2) is 4.57 Å². The molecule has 0 fully saturated rings. The van der Waals surface area contributed by atoms with Crippen molar-refractivity contribution in [1.29, 1.82) is 0 Å². The van der Waals surface area contributed by atoms with E-state index >= 15 is 0 Å². The molecule has 0 amide bonds. The topological polar surface area (TPSA) is 150 Å². The normalized spacial score (nSPS) is 18.1. The van der Waals surface area contributed by atoms with Crippen molar-refractivity contribution in [3.8, 4) is 0 Å². The smallest absolute Gasteiger partial charge is 0.441 e. The first-order chi connectivity index (χ1) is 6.53. The first kappa shape index (κ1) is 14.7. The summed E-state index contributed by atoms with van der Waals surface area (Å²) in [6, 6.07) is -1.19. The van der Waals surface area contributed by atoms with Crippen molar-refractivity contribution in [1.82, 2.24) is 4.49 Å². The van der Waals surface area contributed by atoms with Crippen LogP contribution in [0, 0.1) is 0 Å². The molecule has 0 aliphatic heterocycles. The zero-order chi connectivity index (χ0) is 12.3. The summed E-state index contributed by atoms with van der Waals surface area (Å²) < 4.78 is 23.6. The lowest BCUT2D eigenvalue weighted by Gasteiger charge is -2.10. The summed E-state index contributed by atoms with van der Waals surface area (Å²) in [5.74, 6) is -1.47. The maximum absolute atomic E-state index is 11.5. The number of aliphatic carboxylic acids is 1. The van der Waals surface area contributed by atoms with Gasteiger partial charge in [0.05, 0.1) is 0 Å². The van der Waals surface area contributed by atoms with Crippen LogP contribution in [0.3, 0.4) is 0 Å². The van der Waals surface area contributed by atoms with Crippen molar-refractivity contribution < 1.29 is 28.5 Å². The Bertz CT molecular complexity index is 327. The van der Waals surface area contributed by atoms with Crippen LogP contribution >= 0.6 is 7.75 Å². The van der Waals surface area contributed by atoms with Crippen LogP contribution in [0.25, 0.3) is 0 Å². The summed E-state index contributed by atoms with van der Waals surface area (Å²) in [6.07, 6.45) is 0.971. The fourth-order valence-corrected chi connectivity index (χ4v) is 3.85. The van der Waals surface area contributed by atoms with Gasteiger partial charge >= 0.3 is 13.7 Å². The molecule has 8 nitrogen and oxygen atoms in total. The van der Waals surface area contributed by atoms with Gasteiger partial charge in [0.2, 0.25) is 0 Å². The number of nitrogens with one attached hydrogen (secondary N) is 1. The molecule has 0 saturated heterocycles. The molecule has 0 aromatic rings. The van der Waals surface area contributed by atoms with Crippen LogP contribution < -0.4 is 10.2 Å². The quantitative estimate of drug-likeness (QED) is 0.289. The van der Waals surface area contributed by atoms with Crippen molar-refractivity contribution >= 4 is 23.8 Å². The number of rotatable bonds is 6. The van der Waals surface area contributed by atoms with E-state index < -0.39 is 29.9 Å². The molecule has 15 heavy (non-hydrogen) atoms. The van der Waals surface area contributed by atoms with E-state index in [1.165, 1.54) is 0 Å². The first-order valence-electron chi connectivity index (χ1n) is 3.83. The molecule has 2 atom stereocenters. The molecule has 2 unspecified atom stereocenters. The minimum atomic E-state index is -4.58. The third-order valence-corrected chi connectivity index (χ3v) is 4.96. The standard InChI is InChI=1S/C5H13N2O6PS/c1-15(13,7-14(10,11)12)3-2-4(6)5(8)9/h4H,2-3,6H2,1H3,(H3-,7,8,9,10,11,12,13)/p+1. The molecule has 10 heteroatoms. The minimum absolute atomic E-state index is 0.127. The van der Waals surface area contributed by atoms with E-state index in [9.17, 15) is 13.6 Å². The SMILES string of the molecule is C[S+](=O)(CCC(N)C(=O)O)NP(=O)(O)O. The van der Waals surface area contributed by atoms with E-state index in [1.54, 1.807) is 4.49 Å². The Kier molecular flexibility index (Phi) is 5.04. The Morgan fingerprint density at radius 2 is 2.07 bits per heavy atom. The number of carboxylic acids is 1. The van der Waals surface area contributed by atoms with Crippen molar-refractivity contribution in [2.24, 2.45) is 5.73 Å². The summed E-state index contributed by atoms with van der Waals surface area (Å²) in [6.45, 7) is 0. The third kappa shape index (κ3) is 7.60. The molecule has 0 saturated carbocycles. The number of hydrogen-bond acceptors (Lipinski definition) is 4. The molecule has 0 aliphatic carbocycles. The molecule has 0 bridgehead atoms. The first-order valence-corrected chi connectivity index (χ1v) is 7.58. The molecule has 6 N–H and O–H groups in total. The van der Waals surface area contributed by atoms with E-state index in [0.717, 1.165) is 6.26 Å². The summed E-state index contributed by atoms with van der Waals surface area (Å²) in [5.41, 5.74) is 5.14. The maximum Gasteiger partial charge on any atom is 0.441 e. The third-order valence-electron chi connectivity index (χ3n) is 1.45. The van der Waals surface area contributed by atoms with Crippen molar-refractivity contribution in [3.63, 3.8) is 0 Å². The molecule has 0 heterocycles. The number of carboxylic acid groups (broad SMARTS) is 1. The van der Waals surface area contributed by atoms with Crippen molar-refractivity contribution in [3.05, 3.63) is 0 Å². The molecule has 0 spiro atoms. The zero-order valence-electron chi connectivity index (χ0n) is 7.99. The van der Waals surface area contributed by atoms with Gasteiger partial charge in [-0.2, -0.15) is 0 Å². The van der Waals surface area contributed by atoms with Gasteiger partial charge in [0.25, 0.3) is 0 Å². The van der Waals surface area contributed by atoms with E-state index in [2.05, 4.69) is 0 Å². The average Bonchev–Trinajstić information content (AvgIpc) is 1.95. The molecular formula is C5H14N2O6PS+. The fourth-order valence-electron chi connectivity index (χ4n) is 0.773. The number of hydrogen-bond donors (Lipinski definition) is 5. The summed E-state index contributed by atoms with van der Waals surface area (Å²) in [5, 5.41) is 8.42. The molecule has 90 valence electrons. The van der Waals surface area contributed by atoms with Gasteiger partial charge < -0.3 is 20.6 Å². The molecule has 0 aromatic heterocycles. The molecule has 0 aliphatic rings. The summed E-state index contributed by atoms with van der Waals surface area (Å²) >= 11 is 0. The highest BCUT2D eigenvalue weighted by Crippen LogP contribution is 2.31. The van der Waals surface area contributed by atoms with Crippen LogP contribution in [0.2, 0.25) is 0 Å². The van der Waals surface area contributed by atoms with Crippen LogP contribution in [0.5, 0.6) is 0 Å². The maximum atomic E-state index is 11.5. The highest BCUT2D eigenvalue weighted by molar-refractivity contribution is 8.04. The lowest BCUT2D eigenvalue weighted by atomic mass is 10.2. The van der Waals surface area contributed by atoms with E-state index in [0.29, 0.717) is 0 Å². The van der Waals surface area contributed by atoms with Gasteiger partial charge in [-0.1, -0.05) is 4.21 Å². The van der Waals surface area contributed by atoms with Gasteiger partial charge in [0.15, 0.2) is 10.1 Å². The van der Waals surface area contributed by atoms with Crippen LogP contribution in [0.4, 0.5) is 0 Å². The Hall–Kier alpha value is -0.310. The summed E-state index contributed by atoms with van der Waals surface area (Å²) in [4.78, 5) is 27.3. The van der Waals surface area contributed by atoms with E-state index in [1.807, 2.05) is 0 Å². The Morgan fingerprint density at radius 3 is 2.40 bits per heavy atom. The van der Waals surface area contributed by atoms with Crippen LogP contribution in [0.1, 0.15) is 6.42 Å². The fraction of sp³-hybridized carbons (Fsp3) is 0.800. The zero-order valence-corrected chi connectivity index (χ0v) is 9.70. The second-order valence-corrected chi connectivity index (χ2v) is 7.31. The Morgan fingerprint density at radius 1 is 1.60 bits per heavy atom. The van der Waals surface area contributed by atoms with Gasteiger partial charge in [0, 0.05) is 6.42 Å². The van der Waals surface area contributed by atoms with Crippen LogP contribution in [0.15, 0.2) is 0 Å². The van der Waals surface area contributed by atoms with Gasteiger partial charge in [-0.05, 0) is 4.49 Å². The average molecular weight is 261 g/mol. The molecule has 0 radical (unpaired) electrons. The highest BCUT2D eigenvalue weighted by Gasteiger charge is 2.32. The molecular weight excluding hydrogens is 247 g/mol. The van der Waals surface area contributed by atoms with Gasteiger partial charge in [0.1, 0.15) is 18.1 Å². The lowest BCUT2D eigenvalue weighted by Crippen LogP contribution is -2.36. The largest absolute Gasteiger partial charge is 0.480 e. The predicted octanol–water partition coefficient (Wildman–Crippen LogP) is -1.48. The summed E-state index contributed by atoms with van der Waals surface area (Å²) in [7, 11) is -7.56. The lowest BCUT2D eigenvalue weighted by molar-refractivity contribution is -0.138. The minimum Gasteiger partial charge on any atom is -0.480 e. The second kappa shape index (κ2) is 5.15. The monoisotopic (exact) mass is 261 g/mol. The highest BCUT2D eigenvalue weighted by atomic mass is 32.3. The molecule has 0 aromatic carbocycles. The van der Waals surface area contributed by atoms with Crippen molar-refractivity contribution in [2.45, 2.75) is 12.5 Å². The van der Waals surface area contributed by atoms with Gasteiger partial charge in [-0.15, -0.1) is 0 Å².